The van der Waals surface area contributed by atoms with Crippen LogP contribution < -0.4 is 5.32 Å². The van der Waals surface area contributed by atoms with Gasteiger partial charge in [0.15, 0.2) is 5.82 Å². The van der Waals surface area contributed by atoms with E-state index in [1.54, 1.807) is 0 Å². The number of amides is 1. The summed E-state index contributed by atoms with van der Waals surface area (Å²) in [6, 6.07) is 16.1. The predicted octanol–water partition coefficient (Wildman–Crippen LogP) is 5.27. The van der Waals surface area contributed by atoms with Crippen LogP contribution in [-0.4, -0.2) is 26.1 Å². The maximum absolute atomic E-state index is 12.3. The molecule has 2 aromatic heterocycles. The molecule has 0 aliphatic carbocycles. The third-order valence-electron chi connectivity index (χ3n) is 4.78. The Balaban J connectivity index is 1.31. The fraction of sp³-hybridized carbons (Fsp3) is 0.217. The van der Waals surface area contributed by atoms with Crippen molar-refractivity contribution in [1.82, 2.24) is 20.2 Å². The Bertz CT molecular complexity index is 1170. The summed E-state index contributed by atoms with van der Waals surface area (Å²) in [4.78, 5) is 21.5. The molecule has 0 saturated carbocycles. The van der Waals surface area contributed by atoms with Crippen molar-refractivity contribution in [1.29, 1.82) is 0 Å². The number of carbonyl (C=O) groups is 1. The van der Waals surface area contributed by atoms with Crippen molar-refractivity contribution in [2.24, 2.45) is 0 Å². The molecule has 0 spiro atoms. The molecule has 158 valence electrons. The molecule has 0 radical (unpaired) electrons. The smallest absolute Gasteiger partial charge is 0.231 e. The lowest BCUT2D eigenvalue weighted by molar-refractivity contribution is -0.115. The Labute approximate surface area is 189 Å². The second-order valence-electron chi connectivity index (χ2n) is 7.08. The molecule has 4 rings (SSSR count). The third kappa shape index (κ3) is 5.59. The highest BCUT2D eigenvalue weighted by Gasteiger charge is 2.11. The number of aryl methyl sites for hydroxylation is 2. The minimum absolute atomic E-state index is 0.0597. The minimum Gasteiger partial charge on any atom is -0.325 e. The Kier molecular flexibility index (Phi) is 6.79. The number of carbonyl (C=O) groups excluding carboxylic acids is 1. The molecule has 2 heterocycles. The van der Waals surface area contributed by atoms with Crippen molar-refractivity contribution < 1.29 is 4.79 Å². The van der Waals surface area contributed by atoms with E-state index in [1.165, 1.54) is 28.7 Å². The number of thiazole rings is 1. The normalized spacial score (nSPS) is 10.9. The summed E-state index contributed by atoms with van der Waals surface area (Å²) < 4.78 is 0. The number of nitrogens with one attached hydrogen (secondary N) is 2. The number of rotatable bonds is 8. The predicted molar refractivity (Wildman–Crippen MR) is 126 cm³/mol. The molecular formula is C23H23N5OS2. The van der Waals surface area contributed by atoms with E-state index in [9.17, 15) is 4.79 Å². The number of thioether (sulfide) groups is 1. The number of anilines is 1. The first-order chi connectivity index (χ1) is 15.1. The summed E-state index contributed by atoms with van der Waals surface area (Å²) in [7, 11) is 0. The first-order valence-corrected chi connectivity index (χ1v) is 11.9. The number of nitrogens with zero attached hydrogens (tertiary/aromatic N) is 3. The maximum atomic E-state index is 12.3. The molecular weight excluding hydrogens is 426 g/mol. The number of hydrogen-bond acceptors (Lipinski definition) is 6. The van der Waals surface area contributed by atoms with Crippen molar-refractivity contribution >= 4 is 34.7 Å². The second-order valence-corrected chi connectivity index (χ2v) is 8.96. The quantitative estimate of drug-likeness (QED) is 0.358. The molecule has 4 aromatic rings. The van der Waals surface area contributed by atoms with E-state index in [1.807, 2.05) is 36.6 Å². The number of para-hydroxylation sites is 1. The van der Waals surface area contributed by atoms with Gasteiger partial charge in [0.2, 0.25) is 11.1 Å². The van der Waals surface area contributed by atoms with Crippen LogP contribution in [0, 0.1) is 6.92 Å². The Hall–Kier alpha value is -2.97. The van der Waals surface area contributed by atoms with Gasteiger partial charge in [0.05, 0.1) is 12.1 Å². The summed E-state index contributed by atoms with van der Waals surface area (Å²) in [6.07, 6.45) is 1.28. The number of H-pyrrole nitrogens is 1. The number of hydrogen-bond donors (Lipinski definition) is 2. The lowest BCUT2D eigenvalue weighted by Crippen LogP contribution is -2.15. The first kappa shape index (κ1) is 21.3. The molecule has 2 aromatic carbocycles. The van der Waals surface area contributed by atoms with Crippen LogP contribution in [0.5, 0.6) is 0 Å². The van der Waals surface area contributed by atoms with Gasteiger partial charge in [-0.15, -0.1) is 16.4 Å². The Morgan fingerprint density at radius 3 is 2.71 bits per heavy atom. The van der Waals surface area contributed by atoms with Crippen LogP contribution in [0.25, 0.3) is 11.4 Å². The Morgan fingerprint density at radius 1 is 1.13 bits per heavy atom. The summed E-state index contributed by atoms with van der Waals surface area (Å²) in [5.74, 6) is 1.36. The lowest BCUT2D eigenvalue weighted by Gasteiger charge is -2.06. The van der Waals surface area contributed by atoms with Crippen LogP contribution in [0.15, 0.2) is 59.1 Å². The Morgan fingerprint density at radius 2 is 1.94 bits per heavy atom. The van der Waals surface area contributed by atoms with Gasteiger partial charge < -0.3 is 5.32 Å². The van der Waals surface area contributed by atoms with Gasteiger partial charge in [0.25, 0.3) is 0 Å². The highest BCUT2D eigenvalue weighted by atomic mass is 32.2. The summed E-state index contributed by atoms with van der Waals surface area (Å²) in [6.45, 7) is 4.11. The van der Waals surface area contributed by atoms with Crippen LogP contribution in [0.2, 0.25) is 0 Å². The van der Waals surface area contributed by atoms with Gasteiger partial charge in [-0.25, -0.2) is 9.97 Å². The van der Waals surface area contributed by atoms with Crippen LogP contribution in [0.3, 0.4) is 0 Å². The zero-order chi connectivity index (χ0) is 21.6. The van der Waals surface area contributed by atoms with Gasteiger partial charge in [-0.1, -0.05) is 61.2 Å². The monoisotopic (exact) mass is 449 g/mol. The fourth-order valence-corrected chi connectivity index (χ4v) is 4.61. The van der Waals surface area contributed by atoms with E-state index in [-0.39, 0.29) is 12.3 Å². The van der Waals surface area contributed by atoms with Gasteiger partial charge in [-0.3, -0.25) is 9.89 Å². The van der Waals surface area contributed by atoms with Crippen LogP contribution >= 0.6 is 23.1 Å². The maximum Gasteiger partial charge on any atom is 0.231 e. The van der Waals surface area contributed by atoms with Gasteiger partial charge in [-0.2, -0.15) is 0 Å². The summed E-state index contributed by atoms with van der Waals surface area (Å²) >= 11 is 3.02. The van der Waals surface area contributed by atoms with Crippen molar-refractivity contribution in [3.05, 3.63) is 75.7 Å². The first-order valence-electron chi connectivity index (χ1n) is 10.0. The summed E-state index contributed by atoms with van der Waals surface area (Å²) in [5, 5.41) is 13.7. The SMILES string of the molecule is CCc1ccc(-c2nc(SCc3csc(CC(=O)Nc4ccccc4C)n3)n[nH]2)cc1. The second kappa shape index (κ2) is 9.89. The van der Waals surface area contributed by atoms with Crippen molar-refractivity contribution in [3.8, 4) is 11.4 Å². The highest BCUT2D eigenvalue weighted by molar-refractivity contribution is 7.98. The van der Waals surface area contributed by atoms with E-state index >= 15 is 0 Å². The van der Waals surface area contributed by atoms with Gasteiger partial charge >= 0.3 is 0 Å². The van der Waals surface area contributed by atoms with E-state index in [2.05, 4.69) is 56.7 Å². The van der Waals surface area contributed by atoms with E-state index in [4.69, 9.17) is 0 Å². The van der Waals surface area contributed by atoms with Crippen molar-refractivity contribution in [2.75, 3.05) is 5.32 Å². The van der Waals surface area contributed by atoms with E-state index in [0.717, 1.165) is 39.8 Å². The molecule has 0 aliphatic rings. The molecule has 0 saturated heterocycles. The minimum atomic E-state index is -0.0597. The molecule has 0 aliphatic heterocycles. The molecule has 8 heteroatoms. The molecule has 2 N–H and O–H groups in total. The molecule has 0 atom stereocenters. The standard InChI is InChI=1S/C23H23N5OS2/c1-3-16-8-10-17(11-9-16)22-26-23(28-27-22)31-14-18-13-30-21(24-18)12-20(29)25-19-7-5-4-6-15(19)2/h4-11,13H,3,12,14H2,1-2H3,(H,25,29)(H,26,27,28). The molecule has 0 fully saturated rings. The zero-order valence-corrected chi connectivity index (χ0v) is 19.0. The van der Waals surface area contributed by atoms with Gasteiger partial charge in [0.1, 0.15) is 5.01 Å². The van der Waals surface area contributed by atoms with Crippen LogP contribution in [0.1, 0.15) is 28.8 Å². The lowest BCUT2D eigenvalue weighted by atomic mass is 10.1. The van der Waals surface area contributed by atoms with Crippen LogP contribution in [0.4, 0.5) is 5.69 Å². The number of aromatic nitrogens is 4. The highest BCUT2D eigenvalue weighted by Crippen LogP contribution is 2.24. The fourth-order valence-electron chi connectivity index (χ4n) is 3.02. The molecule has 1 amide bonds. The van der Waals surface area contributed by atoms with Gasteiger partial charge in [-0.05, 0) is 30.5 Å². The number of aromatic amines is 1. The topological polar surface area (TPSA) is 83.6 Å². The zero-order valence-electron chi connectivity index (χ0n) is 17.4. The molecule has 0 unspecified atom stereocenters. The van der Waals surface area contributed by atoms with E-state index < -0.39 is 0 Å². The average molecular weight is 450 g/mol. The molecule has 6 nitrogen and oxygen atoms in total. The largest absolute Gasteiger partial charge is 0.325 e. The average Bonchev–Trinajstić information content (AvgIpc) is 3.43. The number of benzene rings is 2. The molecule has 31 heavy (non-hydrogen) atoms. The van der Waals surface area contributed by atoms with Crippen molar-refractivity contribution in [3.63, 3.8) is 0 Å². The van der Waals surface area contributed by atoms with Gasteiger partial charge in [0, 0.05) is 22.4 Å². The summed E-state index contributed by atoms with van der Waals surface area (Å²) in [5.41, 5.74) is 5.12. The van der Waals surface area contributed by atoms with E-state index in [0.29, 0.717) is 10.9 Å². The van der Waals surface area contributed by atoms with Crippen LogP contribution in [-0.2, 0) is 23.4 Å². The third-order valence-corrected chi connectivity index (χ3v) is 6.56. The van der Waals surface area contributed by atoms with Crippen molar-refractivity contribution in [2.45, 2.75) is 37.6 Å². The molecule has 0 bridgehead atoms.